The molecule has 0 atom stereocenters. The predicted molar refractivity (Wildman–Crippen MR) is 99.5 cm³/mol. The second-order valence-corrected chi connectivity index (χ2v) is 7.41. The molecule has 2 amide bonds. The quantitative estimate of drug-likeness (QED) is 0.723. The number of nitrogens with one attached hydrogen (secondary N) is 2. The molecule has 1 heterocycles. The maximum absolute atomic E-state index is 12.2. The Balaban J connectivity index is 1.56. The molecule has 2 aromatic rings. The van der Waals surface area contributed by atoms with Gasteiger partial charge in [-0.05, 0) is 42.7 Å². The normalized spacial score (nSPS) is 14.2. The number of carboxylic acids is 1. The third-order valence-corrected chi connectivity index (χ3v) is 5.49. The van der Waals surface area contributed by atoms with Crippen LogP contribution >= 0.6 is 11.3 Å². The smallest absolute Gasteiger partial charge is 0.345 e. The van der Waals surface area contributed by atoms with Crippen LogP contribution in [0.2, 0.25) is 0 Å². The van der Waals surface area contributed by atoms with Gasteiger partial charge in [-0.15, -0.1) is 11.3 Å². The molecule has 26 heavy (non-hydrogen) atoms. The van der Waals surface area contributed by atoms with Gasteiger partial charge in [0.1, 0.15) is 4.88 Å². The zero-order chi connectivity index (χ0) is 18.5. The van der Waals surface area contributed by atoms with Crippen LogP contribution in [0.5, 0.6) is 0 Å². The summed E-state index contributed by atoms with van der Waals surface area (Å²) in [5.41, 5.74) is 1.58. The SMILES string of the molecule is O=C(O)c1ccc(C(=O)NCc2cccc(NC(=O)C3CCCC3)c2)s1. The molecule has 3 N–H and O–H groups in total. The van der Waals surface area contributed by atoms with Gasteiger partial charge in [0.2, 0.25) is 5.91 Å². The zero-order valence-corrected chi connectivity index (χ0v) is 15.0. The van der Waals surface area contributed by atoms with E-state index in [9.17, 15) is 14.4 Å². The lowest BCUT2D eigenvalue weighted by Gasteiger charge is -2.11. The standard InChI is InChI=1S/C19H20N2O4S/c22-17(13-5-1-2-6-13)21-14-7-3-4-12(10-14)11-20-18(23)15-8-9-16(26-15)19(24)25/h3-4,7-10,13H,1-2,5-6,11H2,(H,20,23)(H,21,22)(H,24,25). The summed E-state index contributed by atoms with van der Waals surface area (Å²) in [6.07, 6.45) is 4.11. The van der Waals surface area contributed by atoms with Crippen molar-refractivity contribution in [3.05, 3.63) is 51.7 Å². The molecule has 136 valence electrons. The molecule has 0 radical (unpaired) electrons. The van der Waals surface area contributed by atoms with Crippen molar-refractivity contribution in [2.75, 3.05) is 5.32 Å². The van der Waals surface area contributed by atoms with Crippen molar-refractivity contribution in [1.82, 2.24) is 5.32 Å². The van der Waals surface area contributed by atoms with Crippen LogP contribution < -0.4 is 10.6 Å². The van der Waals surface area contributed by atoms with Crippen molar-refractivity contribution in [1.29, 1.82) is 0 Å². The molecule has 0 spiro atoms. The lowest BCUT2D eigenvalue weighted by Crippen LogP contribution is -2.22. The van der Waals surface area contributed by atoms with E-state index in [-0.39, 0.29) is 22.6 Å². The van der Waals surface area contributed by atoms with Gasteiger partial charge in [0.05, 0.1) is 4.88 Å². The fourth-order valence-corrected chi connectivity index (χ4v) is 3.80. The fourth-order valence-electron chi connectivity index (χ4n) is 3.04. The maximum atomic E-state index is 12.2. The summed E-state index contributed by atoms with van der Waals surface area (Å²) >= 11 is 0.941. The number of aromatic carboxylic acids is 1. The van der Waals surface area contributed by atoms with E-state index in [1.807, 2.05) is 24.3 Å². The third-order valence-electron chi connectivity index (χ3n) is 4.41. The molecule has 6 nitrogen and oxygen atoms in total. The van der Waals surface area contributed by atoms with E-state index >= 15 is 0 Å². The lowest BCUT2D eigenvalue weighted by atomic mass is 10.1. The molecular formula is C19H20N2O4S. The van der Waals surface area contributed by atoms with Gasteiger partial charge in [-0.1, -0.05) is 25.0 Å². The van der Waals surface area contributed by atoms with Crippen molar-refractivity contribution in [2.24, 2.45) is 5.92 Å². The molecule has 0 bridgehead atoms. The van der Waals surface area contributed by atoms with Crippen LogP contribution in [-0.4, -0.2) is 22.9 Å². The molecule has 3 rings (SSSR count). The first kappa shape index (κ1) is 18.1. The van der Waals surface area contributed by atoms with Gasteiger partial charge >= 0.3 is 5.97 Å². The molecular weight excluding hydrogens is 352 g/mol. The molecule has 1 aromatic carbocycles. The topological polar surface area (TPSA) is 95.5 Å². The first-order valence-corrected chi connectivity index (χ1v) is 9.36. The summed E-state index contributed by atoms with van der Waals surface area (Å²) in [6, 6.07) is 10.3. The maximum Gasteiger partial charge on any atom is 0.345 e. The first-order chi connectivity index (χ1) is 12.5. The minimum absolute atomic E-state index is 0.0588. The van der Waals surface area contributed by atoms with Crippen molar-refractivity contribution in [2.45, 2.75) is 32.2 Å². The zero-order valence-electron chi connectivity index (χ0n) is 14.2. The number of anilines is 1. The largest absolute Gasteiger partial charge is 0.477 e. The van der Waals surface area contributed by atoms with Gasteiger partial charge in [-0.2, -0.15) is 0 Å². The Labute approximate surface area is 155 Å². The Hall–Kier alpha value is -2.67. The number of hydrogen-bond acceptors (Lipinski definition) is 4. The van der Waals surface area contributed by atoms with Crippen LogP contribution in [-0.2, 0) is 11.3 Å². The van der Waals surface area contributed by atoms with Crippen LogP contribution in [0.1, 0.15) is 50.6 Å². The van der Waals surface area contributed by atoms with E-state index in [2.05, 4.69) is 10.6 Å². The van der Waals surface area contributed by atoms with Crippen molar-refractivity contribution in [3.8, 4) is 0 Å². The van der Waals surface area contributed by atoms with Gasteiger partial charge < -0.3 is 15.7 Å². The Morgan fingerprint density at radius 2 is 1.81 bits per heavy atom. The number of benzene rings is 1. The first-order valence-electron chi connectivity index (χ1n) is 8.54. The van der Waals surface area contributed by atoms with Crippen LogP contribution in [0.25, 0.3) is 0 Å². The number of thiophene rings is 1. The number of rotatable bonds is 6. The molecule has 0 aliphatic heterocycles. The fraction of sp³-hybridized carbons (Fsp3) is 0.316. The minimum atomic E-state index is -1.04. The average molecular weight is 372 g/mol. The second-order valence-electron chi connectivity index (χ2n) is 6.32. The van der Waals surface area contributed by atoms with Crippen LogP contribution in [0, 0.1) is 5.92 Å². The number of carbonyl (C=O) groups excluding carboxylic acids is 2. The molecule has 7 heteroatoms. The molecule has 1 fully saturated rings. The number of carbonyl (C=O) groups is 3. The van der Waals surface area contributed by atoms with Crippen molar-refractivity contribution >= 4 is 34.8 Å². The highest BCUT2D eigenvalue weighted by Crippen LogP contribution is 2.26. The Bertz CT molecular complexity index is 824. The lowest BCUT2D eigenvalue weighted by molar-refractivity contribution is -0.119. The third kappa shape index (κ3) is 4.49. The van der Waals surface area contributed by atoms with E-state index in [1.54, 1.807) is 0 Å². The molecule has 0 saturated heterocycles. The highest BCUT2D eigenvalue weighted by atomic mass is 32.1. The van der Waals surface area contributed by atoms with Gasteiger partial charge in [0.25, 0.3) is 5.91 Å². The summed E-state index contributed by atoms with van der Waals surface area (Å²) in [7, 11) is 0. The summed E-state index contributed by atoms with van der Waals surface area (Å²) in [5.74, 6) is -1.20. The number of amides is 2. The molecule has 1 aliphatic carbocycles. The van der Waals surface area contributed by atoms with Gasteiger partial charge in [-0.25, -0.2) is 4.79 Å². The highest BCUT2D eigenvalue weighted by Gasteiger charge is 2.22. The highest BCUT2D eigenvalue weighted by molar-refractivity contribution is 7.15. The van der Waals surface area contributed by atoms with Gasteiger partial charge in [0, 0.05) is 18.2 Å². The van der Waals surface area contributed by atoms with E-state index in [0.29, 0.717) is 11.4 Å². The monoisotopic (exact) mass is 372 g/mol. The molecule has 0 unspecified atom stereocenters. The summed E-state index contributed by atoms with van der Waals surface area (Å²) in [6.45, 7) is 0.298. The molecule has 1 aliphatic rings. The van der Waals surface area contributed by atoms with Gasteiger partial charge in [-0.3, -0.25) is 9.59 Å². The Morgan fingerprint density at radius 3 is 2.50 bits per heavy atom. The Morgan fingerprint density at radius 1 is 1.08 bits per heavy atom. The van der Waals surface area contributed by atoms with E-state index in [4.69, 9.17) is 5.11 Å². The summed E-state index contributed by atoms with van der Waals surface area (Å²) in [4.78, 5) is 35.7. The number of carboxylic acid groups (broad SMARTS) is 1. The van der Waals surface area contributed by atoms with E-state index in [1.165, 1.54) is 12.1 Å². The van der Waals surface area contributed by atoms with E-state index in [0.717, 1.165) is 48.3 Å². The van der Waals surface area contributed by atoms with Crippen LogP contribution in [0.3, 0.4) is 0 Å². The Kier molecular flexibility index (Phi) is 5.68. The van der Waals surface area contributed by atoms with E-state index < -0.39 is 5.97 Å². The minimum Gasteiger partial charge on any atom is -0.477 e. The van der Waals surface area contributed by atoms with Crippen molar-refractivity contribution < 1.29 is 19.5 Å². The van der Waals surface area contributed by atoms with Crippen LogP contribution in [0.15, 0.2) is 36.4 Å². The van der Waals surface area contributed by atoms with Crippen LogP contribution in [0.4, 0.5) is 5.69 Å². The molecule has 1 saturated carbocycles. The summed E-state index contributed by atoms with van der Waals surface area (Å²) in [5, 5.41) is 14.6. The van der Waals surface area contributed by atoms with Gasteiger partial charge in [0.15, 0.2) is 0 Å². The number of hydrogen-bond donors (Lipinski definition) is 3. The average Bonchev–Trinajstić information content (AvgIpc) is 3.31. The summed E-state index contributed by atoms with van der Waals surface area (Å²) < 4.78 is 0. The predicted octanol–water partition coefficient (Wildman–Crippen LogP) is 3.51. The molecule has 1 aromatic heterocycles. The van der Waals surface area contributed by atoms with Crippen molar-refractivity contribution in [3.63, 3.8) is 0 Å². The second kappa shape index (κ2) is 8.14.